The zero-order valence-electron chi connectivity index (χ0n) is 4.62. The first-order valence-corrected chi connectivity index (χ1v) is 2.26. The van der Waals surface area contributed by atoms with E-state index in [9.17, 15) is 4.79 Å². The second-order valence-corrected chi connectivity index (χ2v) is 1.15. The largest absolute Gasteiger partial charge is 0.303 e. The van der Waals surface area contributed by atoms with E-state index in [1.807, 2.05) is 0 Å². The lowest BCUT2D eigenvalue weighted by Crippen LogP contribution is -2.34. The Morgan fingerprint density at radius 2 is 2.43 bits per heavy atom. The zero-order chi connectivity index (χ0) is 5.70. The lowest BCUT2D eigenvalue weighted by Gasteiger charge is -1.96. The maximum Gasteiger partial charge on any atom is 0.232 e. The average Bonchev–Trinajstić information content (AvgIpc) is 1.68. The summed E-state index contributed by atoms with van der Waals surface area (Å²) in [5.74, 6) is 0.0162. The van der Waals surface area contributed by atoms with Crippen molar-refractivity contribution >= 4 is 13.9 Å². The second kappa shape index (κ2) is 3.68. The molecule has 0 aliphatic carbocycles. The molecule has 0 aliphatic rings. The minimum absolute atomic E-state index is 0.0162. The molecule has 0 saturated heterocycles. The molecule has 7 heavy (non-hydrogen) atoms. The highest BCUT2D eigenvalue weighted by molar-refractivity contribution is 6.05. The average molecular weight is 99.9 g/mol. The van der Waals surface area contributed by atoms with Gasteiger partial charge in [-0.2, -0.15) is 0 Å². The number of rotatable bonds is 2. The first-order chi connectivity index (χ1) is 3.31. The van der Waals surface area contributed by atoms with Crippen LogP contribution in [0.3, 0.4) is 0 Å². The summed E-state index contributed by atoms with van der Waals surface area (Å²) < 4.78 is 0. The Bertz CT molecular complexity index is 66.0. The van der Waals surface area contributed by atoms with Gasteiger partial charge >= 0.3 is 0 Å². The summed E-state index contributed by atoms with van der Waals surface area (Å²) in [7, 11) is 1.66. The fraction of sp³-hybridized carbons (Fsp3) is 0.667. The van der Waals surface area contributed by atoms with Crippen molar-refractivity contribution in [3.8, 4) is 0 Å². The summed E-state index contributed by atoms with van der Waals surface area (Å²) >= 11 is 0. The molecule has 0 spiro atoms. The van der Waals surface area contributed by atoms with Gasteiger partial charge in [0.15, 0.2) is 0 Å². The molecule has 0 atom stereocenters. The highest BCUT2D eigenvalue weighted by Crippen LogP contribution is 1.68. The Labute approximate surface area is 43.9 Å². The summed E-state index contributed by atoms with van der Waals surface area (Å²) in [5.41, 5.74) is 2.41. The molecular weight excluding hydrogens is 90.9 g/mol. The van der Waals surface area contributed by atoms with Crippen LogP contribution < -0.4 is 10.8 Å². The summed E-state index contributed by atoms with van der Waals surface area (Å²) in [4.78, 5) is 10.2. The van der Waals surface area contributed by atoms with Gasteiger partial charge in [-0.05, 0) is 0 Å². The SMILES string of the molecule is BNNC(=O)CC. The summed E-state index contributed by atoms with van der Waals surface area (Å²) in [6, 6.07) is 0. The zero-order valence-corrected chi connectivity index (χ0v) is 4.62. The van der Waals surface area contributed by atoms with Crippen LogP contribution in [0.15, 0.2) is 0 Å². The number of carbonyl (C=O) groups is 1. The van der Waals surface area contributed by atoms with Gasteiger partial charge in [-0.25, -0.2) is 0 Å². The molecule has 1 amide bonds. The number of amides is 1. The molecule has 3 nitrogen and oxygen atoms in total. The third kappa shape index (κ3) is 3.32. The Morgan fingerprint density at radius 3 is 2.57 bits per heavy atom. The lowest BCUT2D eigenvalue weighted by molar-refractivity contribution is -0.121. The maximum absolute atomic E-state index is 10.2. The van der Waals surface area contributed by atoms with E-state index in [1.54, 1.807) is 14.9 Å². The molecule has 4 heteroatoms. The molecule has 0 saturated carbocycles. The fourth-order valence-electron chi connectivity index (χ4n) is 0.228. The van der Waals surface area contributed by atoms with Crippen LogP contribution in [0.2, 0.25) is 0 Å². The van der Waals surface area contributed by atoms with Crippen LogP contribution in [0.25, 0.3) is 0 Å². The summed E-state index contributed by atoms with van der Waals surface area (Å²) in [6.07, 6.45) is 0.529. The van der Waals surface area contributed by atoms with Gasteiger partial charge in [0.05, 0.1) is 0 Å². The van der Waals surface area contributed by atoms with Gasteiger partial charge < -0.3 is 5.43 Å². The highest BCUT2D eigenvalue weighted by atomic mass is 16.2. The van der Waals surface area contributed by atoms with Gasteiger partial charge in [0, 0.05) is 6.42 Å². The number of nitrogens with one attached hydrogen (secondary N) is 2. The van der Waals surface area contributed by atoms with Crippen LogP contribution in [-0.4, -0.2) is 13.9 Å². The maximum atomic E-state index is 10.2. The molecule has 0 fully saturated rings. The first kappa shape index (κ1) is 6.49. The van der Waals surface area contributed by atoms with Crippen molar-refractivity contribution in [1.29, 1.82) is 0 Å². The second-order valence-electron chi connectivity index (χ2n) is 1.15. The molecule has 2 N–H and O–H groups in total. The third-order valence-corrected chi connectivity index (χ3v) is 0.586. The molecule has 0 aliphatic heterocycles. The summed E-state index contributed by atoms with van der Waals surface area (Å²) in [6.45, 7) is 1.80. The topological polar surface area (TPSA) is 41.1 Å². The molecular formula is C3H9BN2O. The van der Waals surface area contributed by atoms with Gasteiger partial charge in [0.1, 0.15) is 0 Å². The molecule has 0 aromatic carbocycles. The van der Waals surface area contributed by atoms with Gasteiger partial charge in [-0.15, -0.1) is 0 Å². The van der Waals surface area contributed by atoms with Crippen LogP contribution in [0.1, 0.15) is 13.3 Å². The molecule has 0 bridgehead atoms. The van der Waals surface area contributed by atoms with Gasteiger partial charge in [0.25, 0.3) is 0 Å². The fourth-order valence-corrected chi connectivity index (χ4v) is 0.228. The Hall–Kier alpha value is -0.505. The first-order valence-electron chi connectivity index (χ1n) is 2.26. The van der Waals surface area contributed by atoms with Crippen molar-refractivity contribution < 1.29 is 4.79 Å². The van der Waals surface area contributed by atoms with E-state index in [1.165, 1.54) is 0 Å². The molecule has 0 heterocycles. The van der Waals surface area contributed by atoms with Gasteiger partial charge in [-0.1, -0.05) is 6.92 Å². The third-order valence-electron chi connectivity index (χ3n) is 0.586. The van der Waals surface area contributed by atoms with Gasteiger partial charge in [0.2, 0.25) is 13.9 Å². The normalized spacial score (nSPS) is 8.14. The minimum Gasteiger partial charge on any atom is -0.303 e. The van der Waals surface area contributed by atoms with Crippen molar-refractivity contribution in [3.05, 3.63) is 0 Å². The van der Waals surface area contributed by atoms with Crippen molar-refractivity contribution in [2.45, 2.75) is 13.3 Å². The highest BCUT2D eigenvalue weighted by Gasteiger charge is 1.87. The van der Waals surface area contributed by atoms with Crippen molar-refractivity contribution in [3.63, 3.8) is 0 Å². The molecule has 40 valence electrons. The van der Waals surface area contributed by atoms with Crippen LogP contribution in [-0.2, 0) is 4.79 Å². The van der Waals surface area contributed by atoms with Crippen molar-refractivity contribution in [2.75, 3.05) is 0 Å². The van der Waals surface area contributed by atoms with E-state index in [4.69, 9.17) is 0 Å². The van der Waals surface area contributed by atoms with Crippen LogP contribution in [0.5, 0.6) is 0 Å². The molecule has 0 aromatic heterocycles. The van der Waals surface area contributed by atoms with E-state index >= 15 is 0 Å². The molecule has 0 aromatic rings. The molecule has 0 radical (unpaired) electrons. The van der Waals surface area contributed by atoms with E-state index < -0.39 is 0 Å². The Kier molecular flexibility index (Phi) is 3.41. The standard InChI is InChI=1S/C3H9BN2O/c1-2-3(7)5-6-4/h6H,2,4H2,1H3,(H,5,7). The van der Waals surface area contributed by atoms with E-state index in [2.05, 4.69) is 10.8 Å². The smallest absolute Gasteiger partial charge is 0.232 e. The van der Waals surface area contributed by atoms with Crippen molar-refractivity contribution in [2.24, 2.45) is 0 Å². The molecule has 0 unspecified atom stereocenters. The van der Waals surface area contributed by atoms with E-state index in [0.717, 1.165) is 0 Å². The van der Waals surface area contributed by atoms with E-state index in [0.29, 0.717) is 6.42 Å². The van der Waals surface area contributed by atoms with E-state index in [-0.39, 0.29) is 5.91 Å². The monoisotopic (exact) mass is 100 g/mol. The predicted molar refractivity (Wildman–Crippen MR) is 30.1 cm³/mol. The molecule has 0 rings (SSSR count). The minimum atomic E-state index is 0.0162. The lowest BCUT2D eigenvalue weighted by atomic mass is 10.4. The Balaban J connectivity index is 3.00. The quantitative estimate of drug-likeness (QED) is 0.329. The number of hydrogen-bond acceptors (Lipinski definition) is 2. The number of carbonyl (C=O) groups excluding carboxylic acids is 1. The number of hydrazine groups is 1. The Morgan fingerprint density at radius 1 is 1.86 bits per heavy atom. The van der Waals surface area contributed by atoms with Crippen molar-refractivity contribution in [1.82, 2.24) is 10.8 Å². The van der Waals surface area contributed by atoms with Gasteiger partial charge in [-0.3, -0.25) is 10.1 Å². The van der Waals surface area contributed by atoms with Crippen LogP contribution in [0.4, 0.5) is 0 Å². The van der Waals surface area contributed by atoms with Crippen LogP contribution in [0, 0.1) is 0 Å². The summed E-state index contributed by atoms with van der Waals surface area (Å²) in [5, 5.41) is 2.52. The van der Waals surface area contributed by atoms with Crippen LogP contribution >= 0.6 is 0 Å². The number of hydrogen-bond donors (Lipinski definition) is 2. The predicted octanol–water partition coefficient (Wildman–Crippen LogP) is -1.43.